The molecule has 1 atom stereocenters. The first-order valence-corrected chi connectivity index (χ1v) is 12.8. The molecule has 2 rings (SSSR count). The van der Waals surface area contributed by atoms with Crippen molar-refractivity contribution in [1.82, 2.24) is 0 Å². The van der Waals surface area contributed by atoms with Crippen LogP contribution in [-0.4, -0.2) is 19.0 Å². The number of aliphatic hydroxyl groups is 1. The molecule has 0 amide bonds. The van der Waals surface area contributed by atoms with E-state index in [-0.39, 0.29) is 12.2 Å². The lowest BCUT2D eigenvalue weighted by Gasteiger charge is -2.30. The Hall–Kier alpha value is -1.97. The second-order valence-electron chi connectivity index (χ2n) is 8.59. The molecule has 2 aromatic rings. The molecule has 0 aliphatic heterocycles. The number of hydrogen-bond acceptors (Lipinski definition) is 2. The minimum Gasteiger partial charge on any atom is -0.377 e. The summed E-state index contributed by atoms with van der Waals surface area (Å²) in [5, 5.41) is 11.5. The smallest absolute Gasteiger partial charge is 0.199 e. The van der Waals surface area contributed by atoms with Gasteiger partial charge in [0, 0.05) is 20.1 Å². The average molecular weight is 367 g/mol. The lowest BCUT2D eigenvalue weighted by atomic mass is 9.81. The molecular formula is C23H30O2Si. The highest BCUT2D eigenvalue weighted by Gasteiger charge is 2.39. The first-order valence-electron chi connectivity index (χ1n) is 9.09. The zero-order valence-electron chi connectivity index (χ0n) is 16.6. The monoisotopic (exact) mass is 366 g/mol. The average Bonchev–Trinajstić information content (AvgIpc) is 2.53. The molecule has 0 aliphatic carbocycles. The van der Waals surface area contributed by atoms with Gasteiger partial charge in [0.15, 0.2) is 11.4 Å². The van der Waals surface area contributed by atoms with Gasteiger partial charge in [0.1, 0.15) is 0 Å². The lowest BCUT2D eigenvalue weighted by Crippen LogP contribution is -2.37. The summed E-state index contributed by atoms with van der Waals surface area (Å²) in [5.74, 6) is -0.266. The van der Waals surface area contributed by atoms with Crippen molar-refractivity contribution in [3.63, 3.8) is 0 Å². The summed E-state index contributed by atoms with van der Waals surface area (Å²) in [6.07, 6.45) is 0.257. The van der Waals surface area contributed by atoms with Crippen LogP contribution in [0.4, 0.5) is 0 Å². The summed E-state index contributed by atoms with van der Waals surface area (Å²) in [4.78, 5) is 13.3. The van der Waals surface area contributed by atoms with Gasteiger partial charge in [-0.2, -0.15) is 0 Å². The van der Waals surface area contributed by atoms with Gasteiger partial charge in [0.2, 0.25) is 0 Å². The maximum absolute atomic E-state index is 13.3. The summed E-state index contributed by atoms with van der Waals surface area (Å²) in [6.45, 7) is 15.0. The second-order valence-corrected chi connectivity index (χ2v) is 14.1. The summed E-state index contributed by atoms with van der Waals surface area (Å²) in [7, 11) is -1.37. The molecule has 138 valence electrons. The maximum atomic E-state index is 13.3. The van der Waals surface area contributed by atoms with Crippen LogP contribution >= 0.6 is 0 Å². The Morgan fingerprint density at radius 1 is 0.962 bits per heavy atom. The van der Waals surface area contributed by atoms with Crippen LogP contribution in [0.15, 0.2) is 60.7 Å². The molecule has 0 saturated carbocycles. The summed E-state index contributed by atoms with van der Waals surface area (Å²) < 4.78 is 0. The predicted octanol–water partition coefficient (Wildman–Crippen LogP) is 5.66. The molecule has 0 spiro atoms. The van der Waals surface area contributed by atoms with Gasteiger partial charge in [0.25, 0.3) is 0 Å². The molecule has 1 unspecified atom stereocenters. The van der Waals surface area contributed by atoms with Gasteiger partial charge in [0.05, 0.1) is 0 Å². The van der Waals surface area contributed by atoms with Crippen molar-refractivity contribution in [3.05, 3.63) is 82.9 Å². The van der Waals surface area contributed by atoms with Gasteiger partial charge in [-0.15, -0.1) is 6.58 Å². The Morgan fingerprint density at radius 2 is 1.42 bits per heavy atom. The fourth-order valence-corrected chi connectivity index (χ4v) is 4.89. The van der Waals surface area contributed by atoms with Crippen LogP contribution in [0, 0.1) is 13.8 Å². The van der Waals surface area contributed by atoms with Crippen molar-refractivity contribution in [2.24, 2.45) is 0 Å². The van der Waals surface area contributed by atoms with Crippen LogP contribution in [0.1, 0.15) is 33.5 Å². The van der Waals surface area contributed by atoms with Gasteiger partial charge in [-0.25, -0.2) is 0 Å². The fraction of sp³-hybridized carbons (Fsp3) is 0.348. The fourth-order valence-electron chi connectivity index (χ4n) is 3.26. The minimum atomic E-state index is -1.58. The SMILES string of the molecule is C=C(CC(O)(C(=O)c1ccc(C)cc1)c1ccc(C)cc1)C[Si](C)(C)C. The largest absolute Gasteiger partial charge is 0.377 e. The van der Waals surface area contributed by atoms with Crippen molar-refractivity contribution >= 4 is 13.9 Å². The summed E-state index contributed by atoms with van der Waals surface area (Å²) in [6, 6.07) is 15.8. The summed E-state index contributed by atoms with van der Waals surface area (Å²) >= 11 is 0. The molecule has 1 N–H and O–H groups in total. The summed E-state index contributed by atoms with van der Waals surface area (Å²) in [5.41, 5.74) is 2.70. The van der Waals surface area contributed by atoms with Crippen LogP contribution in [0.5, 0.6) is 0 Å². The first kappa shape index (κ1) is 20.3. The maximum Gasteiger partial charge on any atom is 0.199 e. The second kappa shape index (κ2) is 7.73. The van der Waals surface area contributed by atoms with E-state index in [1.54, 1.807) is 12.1 Å². The number of carbonyl (C=O) groups is 1. The third-order valence-corrected chi connectivity index (χ3v) is 6.07. The van der Waals surface area contributed by atoms with Crippen LogP contribution in [0.2, 0.25) is 25.7 Å². The van der Waals surface area contributed by atoms with E-state index in [1.807, 2.05) is 50.2 Å². The first-order chi connectivity index (χ1) is 12.0. The topological polar surface area (TPSA) is 37.3 Å². The number of ketones is 1. The highest BCUT2D eigenvalue weighted by molar-refractivity contribution is 6.76. The molecule has 0 aromatic heterocycles. The van der Waals surface area contributed by atoms with Gasteiger partial charge in [-0.05, 0) is 25.5 Å². The van der Waals surface area contributed by atoms with Gasteiger partial charge in [-0.3, -0.25) is 4.79 Å². The molecule has 2 nitrogen and oxygen atoms in total. The van der Waals surface area contributed by atoms with E-state index in [2.05, 4.69) is 26.2 Å². The molecule has 0 saturated heterocycles. The van der Waals surface area contributed by atoms with Crippen molar-refractivity contribution in [1.29, 1.82) is 0 Å². The Morgan fingerprint density at radius 3 is 1.88 bits per heavy atom. The molecule has 26 heavy (non-hydrogen) atoms. The van der Waals surface area contributed by atoms with Crippen molar-refractivity contribution in [2.75, 3.05) is 0 Å². The van der Waals surface area contributed by atoms with E-state index in [9.17, 15) is 9.90 Å². The van der Waals surface area contributed by atoms with Gasteiger partial charge >= 0.3 is 0 Å². The number of Topliss-reactive ketones (excluding diaryl/α,β-unsaturated/α-hetero) is 1. The van der Waals surface area contributed by atoms with E-state index in [4.69, 9.17) is 0 Å². The standard InChI is InChI=1S/C23H30O2Si/c1-17-7-11-20(12-8-17)22(24)23(25,15-19(3)16-26(4,5)6)21-13-9-18(2)10-14-21/h7-14,25H,3,15-16H2,1-2,4-6H3. The quantitative estimate of drug-likeness (QED) is 0.390. The Labute approximate surface area is 158 Å². The molecule has 0 fully saturated rings. The molecule has 0 bridgehead atoms. The van der Waals surface area contributed by atoms with Gasteiger partial charge in [-0.1, -0.05) is 84.9 Å². The normalized spacial score (nSPS) is 13.9. The van der Waals surface area contributed by atoms with E-state index >= 15 is 0 Å². The molecule has 3 heteroatoms. The predicted molar refractivity (Wildman–Crippen MR) is 112 cm³/mol. The van der Waals surface area contributed by atoms with Crippen molar-refractivity contribution in [3.8, 4) is 0 Å². The molecule has 0 radical (unpaired) electrons. The van der Waals surface area contributed by atoms with E-state index in [0.717, 1.165) is 22.7 Å². The number of benzene rings is 2. The molecule has 0 heterocycles. The molecular weight excluding hydrogens is 336 g/mol. The van der Waals surface area contributed by atoms with E-state index in [1.165, 1.54) is 0 Å². The zero-order valence-corrected chi connectivity index (χ0v) is 17.6. The van der Waals surface area contributed by atoms with Crippen LogP contribution in [0.3, 0.4) is 0 Å². The number of rotatable bonds is 7. The minimum absolute atomic E-state index is 0.257. The third-order valence-electron chi connectivity index (χ3n) is 4.50. The van der Waals surface area contributed by atoms with Crippen LogP contribution in [-0.2, 0) is 5.60 Å². The zero-order chi connectivity index (χ0) is 19.5. The number of carbonyl (C=O) groups excluding carboxylic acids is 1. The molecule has 2 aromatic carbocycles. The number of hydrogen-bond donors (Lipinski definition) is 1. The highest BCUT2D eigenvalue weighted by Crippen LogP contribution is 2.34. The van der Waals surface area contributed by atoms with Crippen LogP contribution in [0.25, 0.3) is 0 Å². The lowest BCUT2D eigenvalue weighted by molar-refractivity contribution is 0.0299. The van der Waals surface area contributed by atoms with Crippen molar-refractivity contribution < 1.29 is 9.90 Å². The Kier molecular flexibility index (Phi) is 6.04. The highest BCUT2D eigenvalue weighted by atomic mass is 28.3. The van der Waals surface area contributed by atoms with E-state index < -0.39 is 13.7 Å². The third kappa shape index (κ3) is 5.02. The van der Waals surface area contributed by atoms with Gasteiger partial charge < -0.3 is 5.11 Å². The number of aryl methyl sites for hydroxylation is 2. The Balaban J connectivity index is 2.43. The Bertz CT molecular complexity index is 782. The molecule has 0 aliphatic rings. The van der Waals surface area contributed by atoms with E-state index in [0.29, 0.717) is 11.1 Å². The van der Waals surface area contributed by atoms with Crippen LogP contribution < -0.4 is 0 Å². The van der Waals surface area contributed by atoms with Crippen molar-refractivity contribution in [2.45, 2.75) is 51.6 Å².